The molecule has 1 heterocycles. The third-order valence-corrected chi connectivity index (χ3v) is 11.1. The second-order valence-electron chi connectivity index (χ2n) is 9.23. The van der Waals surface area contributed by atoms with Crippen molar-refractivity contribution in [2.24, 2.45) is 0 Å². The van der Waals surface area contributed by atoms with Crippen LogP contribution in [-0.2, 0) is 14.0 Å². The Bertz CT molecular complexity index is 645. The van der Waals surface area contributed by atoms with Crippen LogP contribution in [0.4, 0.5) is 4.79 Å². The smallest absolute Gasteiger partial charge is 0.408 e. The zero-order valence-electron chi connectivity index (χ0n) is 19.0. The Balaban J connectivity index is 3.37. The monoisotopic (exact) mass is 428 g/mol. The van der Waals surface area contributed by atoms with Gasteiger partial charge in [0, 0.05) is 0 Å². The lowest BCUT2D eigenvalue weighted by molar-refractivity contribution is -0.147. The van der Waals surface area contributed by atoms with E-state index in [1.807, 2.05) is 0 Å². The summed E-state index contributed by atoms with van der Waals surface area (Å²) in [4.78, 5) is 28.8. The Morgan fingerprint density at radius 1 is 1.10 bits per heavy atom. The van der Waals surface area contributed by atoms with Crippen LogP contribution in [0.15, 0.2) is 17.1 Å². The standard InChI is InChI=1S/C20H36N2O6Si/c1-12(2)29(13(3)4,14(5)6)28-17(18(23)24)16(15-10-26-11-21-15)22-19(25)27-20(7,8)9/h10-14,16-17H,1-9H3,(H,22,25)(H,23,24)/t16-,17+/m0/s1. The number of amides is 1. The number of carbonyl (C=O) groups is 2. The van der Waals surface area contributed by atoms with Crippen LogP contribution >= 0.6 is 0 Å². The summed E-state index contributed by atoms with van der Waals surface area (Å²) in [7, 11) is -2.56. The molecule has 0 saturated heterocycles. The number of aliphatic carboxylic acids is 1. The fourth-order valence-corrected chi connectivity index (χ4v) is 9.50. The topological polar surface area (TPSA) is 111 Å². The number of nitrogens with zero attached hydrogens (tertiary/aromatic N) is 1. The van der Waals surface area contributed by atoms with Crippen molar-refractivity contribution in [2.45, 2.75) is 96.7 Å². The lowest BCUT2D eigenvalue weighted by atomic mass is 10.1. The largest absolute Gasteiger partial charge is 0.479 e. The Hall–Kier alpha value is -1.87. The SMILES string of the molecule is CC(C)[Si](O[C@@H](C(=O)O)[C@@H](NC(=O)OC(C)(C)C)c1cocn1)(C(C)C)C(C)C. The average Bonchev–Trinajstić information content (AvgIpc) is 3.05. The van der Waals surface area contributed by atoms with Gasteiger partial charge in [0.05, 0.1) is 0 Å². The fourth-order valence-electron chi connectivity index (χ4n) is 4.00. The van der Waals surface area contributed by atoms with Crippen LogP contribution in [0.3, 0.4) is 0 Å². The minimum absolute atomic E-state index is 0.170. The highest BCUT2D eigenvalue weighted by Crippen LogP contribution is 2.44. The predicted molar refractivity (Wildman–Crippen MR) is 112 cm³/mol. The number of rotatable bonds is 9. The highest BCUT2D eigenvalue weighted by molar-refractivity contribution is 6.77. The van der Waals surface area contributed by atoms with Crippen molar-refractivity contribution < 1.29 is 28.3 Å². The summed E-state index contributed by atoms with van der Waals surface area (Å²) in [5.74, 6) is -1.17. The van der Waals surface area contributed by atoms with Gasteiger partial charge in [-0.3, -0.25) is 0 Å². The van der Waals surface area contributed by atoms with Gasteiger partial charge in [-0.2, -0.15) is 0 Å². The summed E-state index contributed by atoms with van der Waals surface area (Å²) < 4.78 is 16.9. The summed E-state index contributed by atoms with van der Waals surface area (Å²) in [5, 5.41) is 12.7. The molecule has 0 fully saturated rings. The minimum Gasteiger partial charge on any atom is -0.479 e. The Labute approximate surface area is 174 Å². The zero-order chi connectivity index (χ0) is 22.6. The molecule has 0 aliphatic carbocycles. The molecule has 0 unspecified atom stereocenters. The van der Waals surface area contributed by atoms with Crippen molar-refractivity contribution in [1.82, 2.24) is 10.3 Å². The van der Waals surface area contributed by atoms with Crippen molar-refractivity contribution >= 4 is 20.4 Å². The molecule has 1 aromatic rings. The average molecular weight is 429 g/mol. The molecule has 0 spiro atoms. The summed E-state index contributed by atoms with van der Waals surface area (Å²) in [6, 6.07) is -1.05. The van der Waals surface area contributed by atoms with Crippen LogP contribution in [0, 0.1) is 0 Å². The van der Waals surface area contributed by atoms with E-state index in [0.29, 0.717) is 0 Å². The highest BCUT2D eigenvalue weighted by atomic mass is 28.4. The van der Waals surface area contributed by atoms with Crippen molar-refractivity contribution in [3.05, 3.63) is 18.4 Å². The third-order valence-electron chi connectivity index (χ3n) is 5.03. The lowest BCUT2D eigenvalue weighted by Gasteiger charge is -2.44. The second kappa shape index (κ2) is 9.75. The van der Waals surface area contributed by atoms with E-state index in [9.17, 15) is 14.7 Å². The Kier molecular flexibility index (Phi) is 8.46. The maximum absolute atomic E-state index is 12.4. The van der Waals surface area contributed by atoms with E-state index in [0.717, 1.165) is 0 Å². The molecule has 2 N–H and O–H groups in total. The minimum atomic E-state index is -2.56. The number of ether oxygens (including phenoxy) is 1. The molecular formula is C20H36N2O6Si. The van der Waals surface area contributed by atoms with Gasteiger partial charge >= 0.3 is 12.1 Å². The number of nitrogens with one attached hydrogen (secondary N) is 1. The van der Waals surface area contributed by atoms with Gasteiger partial charge in [-0.25, -0.2) is 14.6 Å². The van der Waals surface area contributed by atoms with E-state index in [1.165, 1.54) is 12.7 Å². The van der Waals surface area contributed by atoms with Crippen LogP contribution in [0.5, 0.6) is 0 Å². The maximum Gasteiger partial charge on any atom is 0.408 e. The summed E-state index contributed by atoms with van der Waals surface area (Å²) >= 11 is 0. The summed E-state index contributed by atoms with van der Waals surface area (Å²) in [6.45, 7) is 17.6. The van der Waals surface area contributed by atoms with Crippen LogP contribution < -0.4 is 5.32 Å². The molecule has 1 rings (SSSR count). The maximum atomic E-state index is 12.4. The van der Waals surface area contributed by atoms with E-state index in [1.54, 1.807) is 20.8 Å². The molecule has 1 aromatic heterocycles. The van der Waals surface area contributed by atoms with E-state index in [2.05, 4.69) is 51.8 Å². The molecule has 1 amide bonds. The highest BCUT2D eigenvalue weighted by Gasteiger charge is 2.50. The number of hydrogen-bond donors (Lipinski definition) is 2. The Morgan fingerprint density at radius 3 is 1.97 bits per heavy atom. The molecule has 0 aromatic carbocycles. The van der Waals surface area contributed by atoms with Crippen LogP contribution in [0.25, 0.3) is 0 Å². The molecule has 0 radical (unpaired) electrons. The van der Waals surface area contributed by atoms with Gasteiger partial charge in [-0.15, -0.1) is 0 Å². The third kappa shape index (κ3) is 6.30. The number of carboxylic acid groups (broad SMARTS) is 1. The van der Waals surface area contributed by atoms with Crippen LogP contribution in [-0.4, -0.2) is 42.2 Å². The summed E-state index contributed by atoms with van der Waals surface area (Å²) in [5.41, 5.74) is 0.0450. The number of oxazole rings is 1. The normalized spacial score (nSPS) is 14.9. The molecule has 29 heavy (non-hydrogen) atoms. The van der Waals surface area contributed by atoms with Crippen LogP contribution in [0.1, 0.15) is 74.0 Å². The molecule has 2 atom stereocenters. The molecule has 166 valence electrons. The number of carbonyl (C=O) groups excluding carboxylic acids is 1. The predicted octanol–water partition coefficient (Wildman–Crippen LogP) is 4.89. The van der Waals surface area contributed by atoms with Gasteiger partial charge in [0.2, 0.25) is 8.32 Å². The van der Waals surface area contributed by atoms with Gasteiger partial charge in [0.1, 0.15) is 23.6 Å². The van der Waals surface area contributed by atoms with E-state index in [4.69, 9.17) is 13.6 Å². The van der Waals surface area contributed by atoms with Crippen molar-refractivity contribution in [2.75, 3.05) is 0 Å². The quantitative estimate of drug-likeness (QED) is 0.539. The van der Waals surface area contributed by atoms with Crippen molar-refractivity contribution in [1.29, 1.82) is 0 Å². The van der Waals surface area contributed by atoms with Gasteiger partial charge in [-0.1, -0.05) is 41.5 Å². The first kappa shape index (κ1) is 25.2. The van der Waals surface area contributed by atoms with Crippen LogP contribution in [0.2, 0.25) is 16.6 Å². The first-order valence-corrected chi connectivity index (χ1v) is 12.1. The number of hydrogen-bond acceptors (Lipinski definition) is 6. The molecule has 0 bridgehead atoms. The van der Waals surface area contributed by atoms with E-state index >= 15 is 0 Å². The molecule has 8 nitrogen and oxygen atoms in total. The van der Waals surface area contributed by atoms with Crippen molar-refractivity contribution in [3.8, 4) is 0 Å². The molecule has 0 saturated carbocycles. The molecule has 9 heteroatoms. The Morgan fingerprint density at radius 2 is 1.62 bits per heavy atom. The molecular weight excluding hydrogens is 392 g/mol. The van der Waals surface area contributed by atoms with E-state index < -0.39 is 38.1 Å². The summed E-state index contributed by atoms with van der Waals surface area (Å²) in [6.07, 6.45) is 0.429. The van der Waals surface area contributed by atoms with Gasteiger partial charge in [0.15, 0.2) is 12.5 Å². The first-order valence-electron chi connectivity index (χ1n) is 10.0. The number of aromatic nitrogens is 1. The van der Waals surface area contributed by atoms with Gasteiger partial charge < -0.3 is 24.0 Å². The van der Waals surface area contributed by atoms with E-state index in [-0.39, 0.29) is 22.3 Å². The molecule has 0 aliphatic rings. The number of alkyl carbamates (subject to hydrolysis) is 1. The molecule has 0 aliphatic heterocycles. The second-order valence-corrected chi connectivity index (χ2v) is 14.6. The lowest BCUT2D eigenvalue weighted by Crippen LogP contribution is -2.55. The first-order chi connectivity index (χ1) is 13.2. The van der Waals surface area contributed by atoms with Crippen molar-refractivity contribution in [3.63, 3.8) is 0 Å². The van der Waals surface area contributed by atoms with Gasteiger partial charge in [-0.05, 0) is 37.4 Å². The number of carboxylic acids is 1. The zero-order valence-corrected chi connectivity index (χ0v) is 20.0. The van der Waals surface area contributed by atoms with Gasteiger partial charge in [0.25, 0.3) is 0 Å². The fraction of sp³-hybridized carbons (Fsp3) is 0.750.